The molecule has 0 amide bonds. The first-order chi connectivity index (χ1) is 9.65. The summed E-state index contributed by atoms with van der Waals surface area (Å²) in [6, 6.07) is 1.92. The molecule has 3 rings (SSSR count). The van der Waals surface area contributed by atoms with Gasteiger partial charge >= 0.3 is 5.97 Å². The Labute approximate surface area is 120 Å². The van der Waals surface area contributed by atoms with Crippen molar-refractivity contribution in [3.63, 3.8) is 0 Å². The molecule has 0 bridgehead atoms. The highest BCUT2D eigenvalue weighted by Crippen LogP contribution is 2.38. The van der Waals surface area contributed by atoms with E-state index in [4.69, 9.17) is 4.42 Å². The number of thiazole rings is 1. The van der Waals surface area contributed by atoms with Crippen molar-refractivity contribution in [2.75, 3.05) is 11.9 Å². The molecular weight excluding hydrogens is 276 g/mol. The summed E-state index contributed by atoms with van der Waals surface area (Å²) in [6.45, 7) is 0.709. The van der Waals surface area contributed by atoms with Gasteiger partial charge in [0.1, 0.15) is 5.92 Å². The maximum Gasteiger partial charge on any atom is 0.312 e. The smallest absolute Gasteiger partial charge is 0.312 e. The maximum atomic E-state index is 11.3. The van der Waals surface area contributed by atoms with Gasteiger partial charge in [-0.15, -0.1) is 11.3 Å². The van der Waals surface area contributed by atoms with E-state index in [0.29, 0.717) is 13.0 Å². The van der Waals surface area contributed by atoms with E-state index in [-0.39, 0.29) is 0 Å². The van der Waals surface area contributed by atoms with Crippen LogP contribution in [-0.4, -0.2) is 23.1 Å². The molecule has 2 heterocycles. The summed E-state index contributed by atoms with van der Waals surface area (Å²) in [5.74, 6) is -1.20. The number of aryl methyl sites for hydroxylation is 1. The van der Waals surface area contributed by atoms with Gasteiger partial charge < -0.3 is 14.4 Å². The van der Waals surface area contributed by atoms with E-state index in [2.05, 4.69) is 4.98 Å². The molecule has 106 valence electrons. The lowest BCUT2D eigenvalue weighted by Crippen LogP contribution is -2.18. The molecule has 6 heteroatoms. The van der Waals surface area contributed by atoms with Gasteiger partial charge in [0.15, 0.2) is 5.13 Å². The summed E-state index contributed by atoms with van der Waals surface area (Å²) in [6.07, 6.45) is 5.92. The van der Waals surface area contributed by atoms with E-state index >= 15 is 0 Å². The molecule has 2 aromatic rings. The molecule has 5 nitrogen and oxygen atoms in total. The number of fused-ring (bicyclic) bond motifs is 1. The van der Waals surface area contributed by atoms with Crippen molar-refractivity contribution in [3.8, 4) is 0 Å². The van der Waals surface area contributed by atoms with Crippen molar-refractivity contribution >= 4 is 22.4 Å². The molecule has 0 radical (unpaired) electrons. The monoisotopic (exact) mass is 292 g/mol. The highest BCUT2D eigenvalue weighted by molar-refractivity contribution is 7.15. The highest BCUT2D eigenvalue weighted by atomic mass is 32.1. The normalized spacial score (nSPS) is 17.8. The Bertz CT molecular complexity index is 606. The molecule has 1 aliphatic carbocycles. The third-order valence-corrected chi connectivity index (χ3v) is 4.81. The minimum absolute atomic E-state index is 0.439. The molecule has 1 aliphatic rings. The number of anilines is 1. The summed E-state index contributed by atoms with van der Waals surface area (Å²) < 4.78 is 5.06. The van der Waals surface area contributed by atoms with Gasteiger partial charge in [-0.1, -0.05) is 0 Å². The molecule has 0 saturated carbocycles. The molecule has 0 aliphatic heterocycles. The van der Waals surface area contributed by atoms with E-state index < -0.39 is 11.9 Å². The molecule has 0 spiro atoms. The summed E-state index contributed by atoms with van der Waals surface area (Å²) in [5, 5.41) is 10.2. The second kappa shape index (κ2) is 5.28. The van der Waals surface area contributed by atoms with E-state index in [1.807, 2.05) is 18.0 Å². The van der Waals surface area contributed by atoms with Gasteiger partial charge in [-0.3, -0.25) is 4.79 Å². The third kappa shape index (κ3) is 2.43. The number of furan rings is 1. The lowest BCUT2D eigenvalue weighted by Gasteiger charge is -2.16. The summed E-state index contributed by atoms with van der Waals surface area (Å²) in [7, 11) is 1.97. The van der Waals surface area contributed by atoms with Crippen LogP contribution in [-0.2, 0) is 17.8 Å². The zero-order valence-electron chi connectivity index (χ0n) is 11.2. The molecule has 2 aromatic heterocycles. The molecule has 1 atom stereocenters. The number of carbonyl (C=O) groups is 1. The second-order valence-corrected chi connectivity index (χ2v) is 6.14. The fraction of sp³-hybridized carbons (Fsp3) is 0.429. The Balaban J connectivity index is 1.83. The summed E-state index contributed by atoms with van der Waals surface area (Å²) in [5.41, 5.74) is 1.85. The number of hydrogen-bond acceptors (Lipinski definition) is 5. The Morgan fingerprint density at radius 2 is 2.50 bits per heavy atom. The van der Waals surface area contributed by atoms with Crippen LogP contribution in [0.25, 0.3) is 0 Å². The fourth-order valence-corrected chi connectivity index (χ4v) is 3.66. The Hall–Kier alpha value is -1.82. The molecule has 0 saturated heterocycles. The van der Waals surface area contributed by atoms with Crippen molar-refractivity contribution in [3.05, 3.63) is 34.7 Å². The Morgan fingerprint density at radius 1 is 1.65 bits per heavy atom. The number of hydrogen-bond donors (Lipinski definition) is 1. The van der Waals surface area contributed by atoms with E-state index in [9.17, 15) is 9.90 Å². The van der Waals surface area contributed by atoms with Gasteiger partial charge in [-0.05, 0) is 25.3 Å². The van der Waals surface area contributed by atoms with Crippen LogP contribution in [0.1, 0.15) is 34.9 Å². The lowest BCUT2D eigenvalue weighted by molar-refractivity contribution is -0.139. The predicted molar refractivity (Wildman–Crippen MR) is 76.2 cm³/mol. The van der Waals surface area contributed by atoms with Crippen molar-refractivity contribution in [2.24, 2.45) is 0 Å². The van der Waals surface area contributed by atoms with Crippen LogP contribution in [0.2, 0.25) is 0 Å². The van der Waals surface area contributed by atoms with Crippen LogP contribution in [0.3, 0.4) is 0 Å². The third-order valence-electron chi connectivity index (χ3n) is 3.57. The number of aromatic nitrogens is 1. The molecule has 1 N–H and O–H groups in total. The van der Waals surface area contributed by atoms with Crippen LogP contribution in [0.5, 0.6) is 0 Å². The zero-order chi connectivity index (χ0) is 14.1. The first-order valence-corrected chi connectivity index (χ1v) is 7.41. The molecule has 20 heavy (non-hydrogen) atoms. The number of nitrogens with zero attached hydrogens (tertiary/aromatic N) is 2. The van der Waals surface area contributed by atoms with Crippen molar-refractivity contribution in [1.82, 2.24) is 4.98 Å². The maximum absolute atomic E-state index is 11.3. The van der Waals surface area contributed by atoms with Crippen LogP contribution >= 0.6 is 11.3 Å². The van der Waals surface area contributed by atoms with Crippen molar-refractivity contribution in [2.45, 2.75) is 31.7 Å². The minimum Gasteiger partial charge on any atom is -0.481 e. The Morgan fingerprint density at radius 3 is 3.20 bits per heavy atom. The lowest BCUT2D eigenvalue weighted by atomic mass is 9.91. The zero-order valence-corrected chi connectivity index (χ0v) is 12.0. The van der Waals surface area contributed by atoms with Crippen LogP contribution in [0.4, 0.5) is 5.13 Å². The van der Waals surface area contributed by atoms with Crippen LogP contribution in [0.15, 0.2) is 23.0 Å². The fourth-order valence-electron chi connectivity index (χ4n) is 2.53. The molecule has 0 fully saturated rings. The number of carboxylic acid groups (broad SMARTS) is 1. The number of rotatable bonds is 4. The summed E-state index contributed by atoms with van der Waals surface area (Å²) >= 11 is 1.61. The largest absolute Gasteiger partial charge is 0.481 e. The van der Waals surface area contributed by atoms with Crippen molar-refractivity contribution < 1.29 is 14.3 Å². The SMILES string of the molecule is CN(Cc1ccoc1)c1nc2c(s1)CCCC2C(=O)O. The molecule has 1 unspecified atom stereocenters. The molecule has 0 aromatic carbocycles. The molecular formula is C14H16N2O3S. The number of aliphatic carboxylic acids is 1. The quantitative estimate of drug-likeness (QED) is 0.938. The first-order valence-electron chi connectivity index (χ1n) is 6.60. The highest BCUT2D eigenvalue weighted by Gasteiger charge is 2.30. The summed E-state index contributed by atoms with van der Waals surface area (Å²) in [4.78, 5) is 19.0. The van der Waals surface area contributed by atoms with Gasteiger partial charge in [0.2, 0.25) is 0 Å². The van der Waals surface area contributed by atoms with Crippen molar-refractivity contribution in [1.29, 1.82) is 0 Å². The van der Waals surface area contributed by atoms with Crippen LogP contribution < -0.4 is 4.90 Å². The number of carboxylic acids is 1. The van der Waals surface area contributed by atoms with E-state index in [0.717, 1.165) is 34.1 Å². The first kappa shape index (κ1) is 13.2. The topological polar surface area (TPSA) is 66.6 Å². The second-order valence-electron chi connectivity index (χ2n) is 5.08. The predicted octanol–water partition coefficient (Wildman–Crippen LogP) is 2.88. The van der Waals surface area contributed by atoms with Gasteiger partial charge in [0.05, 0.1) is 18.2 Å². The average Bonchev–Trinajstić information content (AvgIpc) is 3.05. The van der Waals surface area contributed by atoms with E-state index in [1.165, 1.54) is 0 Å². The van der Waals surface area contributed by atoms with Crippen LogP contribution in [0, 0.1) is 0 Å². The van der Waals surface area contributed by atoms with Gasteiger partial charge in [0, 0.05) is 24.0 Å². The minimum atomic E-state index is -0.764. The van der Waals surface area contributed by atoms with E-state index in [1.54, 1.807) is 23.9 Å². The van der Waals surface area contributed by atoms with Gasteiger partial charge in [0.25, 0.3) is 0 Å². The van der Waals surface area contributed by atoms with Gasteiger partial charge in [-0.2, -0.15) is 0 Å². The Kier molecular flexibility index (Phi) is 3.48. The van der Waals surface area contributed by atoms with Gasteiger partial charge in [-0.25, -0.2) is 4.98 Å². The standard InChI is InChI=1S/C14H16N2O3S/c1-16(7-9-5-6-19-8-9)14-15-12-10(13(17)18)3-2-4-11(12)20-14/h5-6,8,10H,2-4,7H2,1H3,(H,17,18). The average molecular weight is 292 g/mol.